The standard InChI is InChI=1S/C10H10O5/c1-13-7-3-5-6(4-8(7)14-2)10(12)15-9(5)11/h3-4,9,11H,1-2H3. The Labute approximate surface area is 86.2 Å². The molecular weight excluding hydrogens is 200 g/mol. The van der Waals surface area contributed by atoms with Crippen LogP contribution < -0.4 is 9.47 Å². The van der Waals surface area contributed by atoms with Crippen LogP contribution in [0.3, 0.4) is 0 Å². The van der Waals surface area contributed by atoms with Gasteiger partial charge in [0, 0.05) is 5.56 Å². The number of hydrogen-bond acceptors (Lipinski definition) is 5. The summed E-state index contributed by atoms with van der Waals surface area (Å²) in [4.78, 5) is 11.3. The maximum Gasteiger partial charge on any atom is 0.341 e. The molecule has 0 aliphatic carbocycles. The van der Waals surface area contributed by atoms with Crippen LogP contribution in [0, 0.1) is 0 Å². The molecule has 0 amide bonds. The van der Waals surface area contributed by atoms with Crippen molar-refractivity contribution in [1.29, 1.82) is 0 Å². The van der Waals surface area contributed by atoms with Gasteiger partial charge in [-0.15, -0.1) is 0 Å². The fourth-order valence-electron chi connectivity index (χ4n) is 1.50. The van der Waals surface area contributed by atoms with E-state index in [1.54, 1.807) is 0 Å². The van der Waals surface area contributed by atoms with Gasteiger partial charge in [-0.05, 0) is 12.1 Å². The molecule has 80 valence electrons. The number of hydrogen-bond donors (Lipinski definition) is 1. The van der Waals surface area contributed by atoms with Crippen LogP contribution in [0.5, 0.6) is 11.5 Å². The van der Waals surface area contributed by atoms with Gasteiger partial charge in [0.25, 0.3) is 0 Å². The van der Waals surface area contributed by atoms with Gasteiger partial charge in [-0.1, -0.05) is 0 Å². The van der Waals surface area contributed by atoms with Gasteiger partial charge in [-0.3, -0.25) is 0 Å². The van der Waals surface area contributed by atoms with Crippen molar-refractivity contribution in [2.45, 2.75) is 6.29 Å². The summed E-state index contributed by atoms with van der Waals surface area (Å²) in [5, 5.41) is 9.40. The third-order valence-electron chi connectivity index (χ3n) is 2.26. The van der Waals surface area contributed by atoms with Crippen molar-refractivity contribution in [2.24, 2.45) is 0 Å². The molecule has 5 heteroatoms. The summed E-state index contributed by atoms with van der Waals surface area (Å²) in [5.41, 5.74) is 0.706. The van der Waals surface area contributed by atoms with E-state index in [1.165, 1.54) is 26.4 Å². The first-order valence-corrected chi connectivity index (χ1v) is 4.32. The lowest BCUT2D eigenvalue weighted by Crippen LogP contribution is -1.96. The molecule has 1 aliphatic heterocycles. The monoisotopic (exact) mass is 210 g/mol. The van der Waals surface area contributed by atoms with Gasteiger partial charge in [-0.25, -0.2) is 4.79 Å². The zero-order valence-electron chi connectivity index (χ0n) is 8.31. The largest absolute Gasteiger partial charge is 0.493 e. The van der Waals surface area contributed by atoms with Crippen molar-refractivity contribution < 1.29 is 24.1 Å². The van der Waals surface area contributed by atoms with E-state index < -0.39 is 12.3 Å². The third kappa shape index (κ3) is 1.41. The first-order valence-electron chi connectivity index (χ1n) is 4.32. The van der Waals surface area contributed by atoms with E-state index >= 15 is 0 Å². The lowest BCUT2D eigenvalue weighted by atomic mass is 10.1. The SMILES string of the molecule is COc1cc2c(cc1OC)C(O)OC2=O. The third-order valence-corrected chi connectivity index (χ3v) is 2.26. The molecular formula is C10H10O5. The maximum absolute atomic E-state index is 11.3. The zero-order chi connectivity index (χ0) is 11.0. The van der Waals surface area contributed by atoms with Crippen LogP contribution >= 0.6 is 0 Å². The number of cyclic esters (lactones) is 1. The lowest BCUT2D eigenvalue weighted by molar-refractivity contribution is -0.0548. The van der Waals surface area contributed by atoms with E-state index in [4.69, 9.17) is 9.47 Å². The molecule has 1 aromatic rings. The number of esters is 1. The summed E-state index contributed by atoms with van der Waals surface area (Å²) in [5.74, 6) is 0.328. The molecule has 1 N–H and O–H groups in total. The Kier molecular flexibility index (Phi) is 2.24. The van der Waals surface area contributed by atoms with E-state index in [2.05, 4.69) is 4.74 Å². The molecule has 0 radical (unpaired) electrons. The lowest BCUT2D eigenvalue weighted by Gasteiger charge is -2.09. The number of fused-ring (bicyclic) bond motifs is 1. The van der Waals surface area contributed by atoms with Gasteiger partial charge in [0.05, 0.1) is 19.8 Å². The number of rotatable bonds is 2. The normalized spacial score (nSPS) is 18.3. The van der Waals surface area contributed by atoms with E-state index in [1.807, 2.05) is 0 Å². The molecule has 1 heterocycles. The molecule has 5 nitrogen and oxygen atoms in total. The van der Waals surface area contributed by atoms with Crippen molar-refractivity contribution >= 4 is 5.97 Å². The van der Waals surface area contributed by atoms with Crippen LogP contribution in [0.25, 0.3) is 0 Å². The average Bonchev–Trinajstić information content (AvgIpc) is 2.52. The van der Waals surface area contributed by atoms with E-state index in [0.29, 0.717) is 22.6 Å². The van der Waals surface area contributed by atoms with Crippen LogP contribution in [0.15, 0.2) is 12.1 Å². The first kappa shape index (κ1) is 9.79. The van der Waals surface area contributed by atoms with Gasteiger partial charge in [0.15, 0.2) is 11.5 Å². The maximum atomic E-state index is 11.3. The van der Waals surface area contributed by atoms with Gasteiger partial charge < -0.3 is 19.3 Å². The minimum Gasteiger partial charge on any atom is -0.493 e. The summed E-state index contributed by atoms with van der Waals surface area (Å²) < 4.78 is 14.7. The van der Waals surface area contributed by atoms with Gasteiger partial charge in [-0.2, -0.15) is 0 Å². The second kappa shape index (κ2) is 3.43. The van der Waals surface area contributed by atoms with Gasteiger partial charge >= 0.3 is 5.97 Å². The van der Waals surface area contributed by atoms with Crippen molar-refractivity contribution in [2.75, 3.05) is 14.2 Å². The molecule has 1 aromatic carbocycles. The van der Waals surface area contributed by atoms with Crippen molar-refractivity contribution in [3.63, 3.8) is 0 Å². The fourth-order valence-corrected chi connectivity index (χ4v) is 1.50. The van der Waals surface area contributed by atoms with E-state index in [-0.39, 0.29) is 0 Å². The van der Waals surface area contributed by atoms with Crippen molar-refractivity contribution in [1.82, 2.24) is 0 Å². The molecule has 0 fully saturated rings. The Morgan fingerprint density at radius 1 is 1.27 bits per heavy atom. The second-order valence-corrected chi connectivity index (χ2v) is 3.05. The Morgan fingerprint density at radius 2 is 1.87 bits per heavy atom. The van der Waals surface area contributed by atoms with Crippen LogP contribution in [0.2, 0.25) is 0 Å². The molecule has 0 spiro atoms. The first-order chi connectivity index (χ1) is 7.17. The van der Waals surface area contributed by atoms with Crippen molar-refractivity contribution in [3.8, 4) is 11.5 Å². The highest BCUT2D eigenvalue weighted by Crippen LogP contribution is 2.37. The Balaban J connectivity index is 2.58. The fraction of sp³-hybridized carbons (Fsp3) is 0.300. The summed E-state index contributed by atoms with van der Waals surface area (Å²) in [6, 6.07) is 3.02. The molecule has 0 bridgehead atoms. The molecule has 2 rings (SSSR count). The zero-order valence-corrected chi connectivity index (χ0v) is 8.31. The number of ether oxygens (including phenoxy) is 3. The molecule has 1 unspecified atom stereocenters. The molecule has 15 heavy (non-hydrogen) atoms. The Hall–Kier alpha value is -1.75. The molecule has 0 saturated carbocycles. The summed E-state index contributed by atoms with van der Waals surface area (Å²) in [7, 11) is 2.95. The number of methoxy groups -OCH3 is 2. The summed E-state index contributed by atoms with van der Waals surface area (Å²) in [6.07, 6.45) is -1.22. The summed E-state index contributed by atoms with van der Waals surface area (Å²) in [6.45, 7) is 0. The Bertz CT molecular complexity index is 413. The molecule has 1 atom stereocenters. The van der Waals surface area contributed by atoms with Crippen molar-refractivity contribution in [3.05, 3.63) is 23.3 Å². The highest BCUT2D eigenvalue weighted by Gasteiger charge is 2.31. The predicted molar refractivity (Wildman–Crippen MR) is 49.9 cm³/mol. The minimum atomic E-state index is -1.22. The number of aliphatic hydroxyl groups excluding tert-OH is 1. The van der Waals surface area contributed by atoms with Crippen LogP contribution in [0.1, 0.15) is 22.2 Å². The number of benzene rings is 1. The topological polar surface area (TPSA) is 65.0 Å². The Morgan fingerprint density at radius 3 is 2.47 bits per heavy atom. The van der Waals surface area contributed by atoms with Crippen LogP contribution in [0.4, 0.5) is 0 Å². The molecule has 0 aromatic heterocycles. The molecule has 0 saturated heterocycles. The van der Waals surface area contributed by atoms with Gasteiger partial charge in [0.2, 0.25) is 6.29 Å². The number of carbonyl (C=O) groups excluding carboxylic acids is 1. The summed E-state index contributed by atoms with van der Waals surface area (Å²) >= 11 is 0. The van der Waals surface area contributed by atoms with Crippen LogP contribution in [-0.2, 0) is 4.74 Å². The molecule has 1 aliphatic rings. The number of aliphatic hydroxyl groups is 1. The highest BCUT2D eigenvalue weighted by molar-refractivity contribution is 5.94. The van der Waals surface area contributed by atoms with Crippen LogP contribution in [-0.4, -0.2) is 25.3 Å². The quantitative estimate of drug-likeness (QED) is 0.733. The van der Waals surface area contributed by atoms with E-state index in [0.717, 1.165) is 0 Å². The highest BCUT2D eigenvalue weighted by atomic mass is 16.6. The van der Waals surface area contributed by atoms with Gasteiger partial charge in [0.1, 0.15) is 0 Å². The second-order valence-electron chi connectivity index (χ2n) is 3.05. The number of carbonyl (C=O) groups is 1. The average molecular weight is 210 g/mol. The smallest absolute Gasteiger partial charge is 0.341 e. The van der Waals surface area contributed by atoms with E-state index in [9.17, 15) is 9.90 Å². The predicted octanol–water partition coefficient (Wildman–Crippen LogP) is 0.865. The minimum absolute atomic E-state index is 0.306.